The molecule has 0 aliphatic heterocycles. The molecule has 0 aliphatic rings. The Kier molecular flexibility index (Phi) is 4.15. The van der Waals surface area contributed by atoms with Crippen LogP contribution in [0.3, 0.4) is 0 Å². The third-order valence-corrected chi connectivity index (χ3v) is 3.11. The minimum Gasteiger partial charge on any atom is -0.303 e. The molecule has 1 aromatic rings. The standard InChI is InChI=1S/C8H11FN2O3S/c9-7-1-3-8(4-2-7)15(12,13)11-5-6-14-10/h1-4,11H,5-6,10H2. The number of benzene rings is 1. The second-order valence-corrected chi connectivity index (χ2v) is 4.49. The quantitative estimate of drug-likeness (QED) is 0.555. The lowest BCUT2D eigenvalue weighted by molar-refractivity contribution is 0.143. The molecule has 7 heteroatoms. The highest BCUT2D eigenvalue weighted by Gasteiger charge is 2.12. The molecule has 0 heterocycles. The number of halogens is 1. The van der Waals surface area contributed by atoms with Gasteiger partial charge in [0.05, 0.1) is 11.5 Å². The van der Waals surface area contributed by atoms with Gasteiger partial charge in [0.15, 0.2) is 0 Å². The van der Waals surface area contributed by atoms with Crippen molar-refractivity contribution in [2.75, 3.05) is 13.2 Å². The van der Waals surface area contributed by atoms with E-state index in [1.807, 2.05) is 0 Å². The molecule has 3 N–H and O–H groups in total. The highest BCUT2D eigenvalue weighted by Crippen LogP contribution is 2.08. The van der Waals surface area contributed by atoms with Crippen molar-refractivity contribution in [3.63, 3.8) is 0 Å². The van der Waals surface area contributed by atoms with Crippen LogP contribution < -0.4 is 10.6 Å². The third kappa shape index (κ3) is 3.56. The summed E-state index contributed by atoms with van der Waals surface area (Å²) in [7, 11) is -3.60. The molecule has 0 atom stereocenters. The van der Waals surface area contributed by atoms with Gasteiger partial charge in [-0.25, -0.2) is 23.4 Å². The minimum absolute atomic E-state index is 0.000853. The summed E-state index contributed by atoms with van der Waals surface area (Å²) in [4.78, 5) is 4.21. The molecular formula is C8H11FN2O3S. The average Bonchev–Trinajstić information content (AvgIpc) is 2.18. The van der Waals surface area contributed by atoms with Crippen molar-refractivity contribution >= 4 is 10.0 Å². The van der Waals surface area contributed by atoms with Gasteiger partial charge in [0, 0.05) is 6.54 Å². The first-order valence-electron chi connectivity index (χ1n) is 4.13. The highest BCUT2D eigenvalue weighted by atomic mass is 32.2. The minimum atomic E-state index is -3.60. The first-order valence-corrected chi connectivity index (χ1v) is 5.61. The summed E-state index contributed by atoms with van der Waals surface area (Å²) < 4.78 is 37.7. The van der Waals surface area contributed by atoms with Crippen molar-refractivity contribution in [2.45, 2.75) is 4.90 Å². The zero-order valence-corrected chi connectivity index (χ0v) is 8.63. The summed E-state index contributed by atoms with van der Waals surface area (Å²) in [5.41, 5.74) is 0. The van der Waals surface area contributed by atoms with Crippen molar-refractivity contribution < 1.29 is 17.6 Å². The summed E-state index contributed by atoms with van der Waals surface area (Å²) in [6.45, 7) is 0.136. The van der Waals surface area contributed by atoms with E-state index in [2.05, 4.69) is 9.56 Å². The fourth-order valence-corrected chi connectivity index (χ4v) is 1.95. The Balaban J connectivity index is 2.73. The monoisotopic (exact) mass is 234 g/mol. The van der Waals surface area contributed by atoms with Gasteiger partial charge < -0.3 is 4.84 Å². The maximum atomic E-state index is 12.5. The van der Waals surface area contributed by atoms with E-state index in [4.69, 9.17) is 5.90 Å². The van der Waals surface area contributed by atoms with Crippen molar-refractivity contribution in [1.29, 1.82) is 0 Å². The van der Waals surface area contributed by atoms with Gasteiger partial charge in [0.2, 0.25) is 10.0 Å². The predicted octanol–water partition coefficient (Wildman–Crippen LogP) is -0.00570. The highest BCUT2D eigenvalue weighted by molar-refractivity contribution is 7.89. The van der Waals surface area contributed by atoms with E-state index in [0.29, 0.717) is 0 Å². The number of hydrogen-bond acceptors (Lipinski definition) is 4. The van der Waals surface area contributed by atoms with E-state index < -0.39 is 15.8 Å². The van der Waals surface area contributed by atoms with Crippen LogP contribution >= 0.6 is 0 Å². The first kappa shape index (κ1) is 12.1. The fourth-order valence-electron chi connectivity index (χ4n) is 0.932. The lowest BCUT2D eigenvalue weighted by Gasteiger charge is -2.05. The van der Waals surface area contributed by atoms with Gasteiger partial charge in [-0.05, 0) is 24.3 Å². The van der Waals surface area contributed by atoms with E-state index in [1.165, 1.54) is 12.1 Å². The first-order chi connectivity index (χ1) is 7.06. The second-order valence-electron chi connectivity index (χ2n) is 2.72. The molecule has 0 unspecified atom stereocenters. The summed E-state index contributed by atoms with van der Waals surface area (Å²) >= 11 is 0. The molecule has 0 radical (unpaired) electrons. The van der Waals surface area contributed by atoms with Crippen molar-refractivity contribution in [2.24, 2.45) is 5.90 Å². The van der Waals surface area contributed by atoms with Gasteiger partial charge in [-0.2, -0.15) is 0 Å². The van der Waals surface area contributed by atoms with Crippen LogP contribution in [0.4, 0.5) is 4.39 Å². The lowest BCUT2D eigenvalue weighted by atomic mass is 10.4. The second kappa shape index (κ2) is 5.17. The molecule has 0 aromatic heterocycles. The molecule has 0 bridgehead atoms. The molecule has 5 nitrogen and oxygen atoms in total. The van der Waals surface area contributed by atoms with Crippen molar-refractivity contribution in [1.82, 2.24) is 4.72 Å². The normalized spacial score (nSPS) is 11.6. The van der Waals surface area contributed by atoms with Gasteiger partial charge >= 0.3 is 0 Å². The van der Waals surface area contributed by atoms with E-state index in [-0.39, 0.29) is 18.0 Å². The topological polar surface area (TPSA) is 81.4 Å². The fraction of sp³-hybridized carbons (Fsp3) is 0.250. The van der Waals surface area contributed by atoms with Crippen LogP contribution in [0.1, 0.15) is 0 Å². The van der Waals surface area contributed by atoms with Crippen LogP contribution in [0, 0.1) is 5.82 Å². The largest absolute Gasteiger partial charge is 0.303 e. The van der Waals surface area contributed by atoms with Crippen molar-refractivity contribution in [3.8, 4) is 0 Å². The lowest BCUT2D eigenvalue weighted by Crippen LogP contribution is -2.28. The number of nitrogens with one attached hydrogen (secondary N) is 1. The van der Waals surface area contributed by atoms with Crippen molar-refractivity contribution in [3.05, 3.63) is 30.1 Å². The zero-order valence-electron chi connectivity index (χ0n) is 7.81. The summed E-state index contributed by atoms with van der Waals surface area (Å²) in [5, 5.41) is 0. The molecule has 0 aliphatic carbocycles. The van der Waals surface area contributed by atoms with E-state index in [9.17, 15) is 12.8 Å². The van der Waals surface area contributed by atoms with E-state index in [0.717, 1.165) is 12.1 Å². The smallest absolute Gasteiger partial charge is 0.240 e. The van der Waals surface area contributed by atoms with Gasteiger partial charge in [-0.1, -0.05) is 0 Å². The van der Waals surface area contributed by atoms with Crippen LogP contribution in [0.2, 0.25) is 0 Å². The Bertz CT molecular complexity index is 404. The maximum absolute atomic E-state index is 12.5. The summed E-state index contributed by atoms with van der Waals surface area (Å²) in [5.74, 6) is 4.25. The van der Waals surface area contributed by atoms with Crippen LogP contribution in [0.15, 0.2) is 29.2 Å². The van der Waals surface area contributed by atoms with Gasteiger partial charge in [0.1, 0.15) is 5.82 Å². The number of rotatable bonds is 5. The average molecular weight is 234 g/mol. The molecule has 1 rings (SSSR count). The Labute approximate surface area is 87.0 Å². The molecular weight excluding hydrogens is 223 g/mol. The van der Waals surface area contributed by atoms with Gasteiger partial charge in [-0.3, -0.25) is 0 Å². The SMILES string of the molecule is NOCCNS(=O)(=O)c1ccc(F)cc1. The molecule has 1 aromatic carbocycles. The van der Waals surface area contributed by atoms with E-state index in [1.54, 1.807) is 0 Å². The molecule has 0 fully saturated rings. The molecule has 0 saturated heterocycles. The Morgan fingerprint density at radius 1 is 1.33 bits per heavy atom. The Morgan fingerprint density at radius 2 is 1.93 bits per heavy atom. The summed E-state index contributed by atoms with van der Waals surface area (Å²) in [6.07, 6.45) is 0. The molecule has 84 valence electrons. The number of hydrogen-bond donors (Lipinski definition) is 2. The Hall–Kier alpha value is -1.02. The summed E-state index contributed by atoms with van der Waals surface area (Å²) in [6, 6.07) is 4.52. The van der Waals surface area contributed by atoms with Gasteiger partial charge in [-0.15, -0.1) is 0 Å². The van der Waals surface area contributed by atoms with Crippen LogP contribution in [-0.4, -0.2) is 21.6 Å². The van der Waals surface area contributed by atoms with Crippen LogP contribution in [0.25, 0.3) is 0 Å². The number of nitrogens with two attached hydrogens (primary N) is 1. The van der Waals surface area contributed by atoms with Gasteiger partial charge in [0.25, 0.3) is 0 Å². The maximum Gasteiger partial charge on any atom is 0.240 e. The predicted molar refractivity (Wildman–Crippen MR) is 51.7 cm³/mol. The Morgan fingerprint density at radius 3 is 2.47 bits per heavy atom. The zero-order chi connectivity index (χ0) is 11.3. The van der Waals surface area contributed by atoms with Crippen LogP contribution in [0.5, 0.6) is 0 Å². The molecule has 0 amide bonds. The molecule has 0 spiro atoms. The molecule has 15 heavy (non-hydrogen) atoms. The number of sulfonamides is 1. The van der Waals surface area contributed by atoms with E-state index >= 15 is 0 Å². The molecule has 0 saturated carbocycles. The van der Waals surface area contributed by atoms with Crippen LogP contribution in [-0.2, 0) is 14.9 Å². The third-order valence-electron chi connectivity index (χ3n) is 1.64.